The molecule has 0 saturated carbocycles. The summed E-state index contributed by atoms with van der Waals surface area (Å²) in [6.07, 6.45) is -2.67. The lowest BCUT2D eigenvalue weighted by atomic mass is 10.2. The minimum Gasteiger partial charge on any atom is -0.368 e. The summed E-state index contributed by atoms with van der Waals surface area (Å²) >= 11 is 0. The lowest BCUT2D eigenvalue weighted by Gasteiger charge is -2.17. The average Bonchev–Trinajstić information content (AvgIpc) is 2.97. The Morgan fingerprint density at radius 2 is 2.22 bits per heavy atom. The summed E-state index contributed by atoms with van der Waals surface area (Å²) in [7, 11) is 0. The molecule has 1 aromatic heterocycles. The van der Waals surface area contributed by atoms with Gasteiger partial charge in [-0.3, -0.25) is 0 Å². The van der Waals surface area contributed by atoms with Crippen molar-refractivity contribution < 1.29 is 22.5 Å². The van der Waals surface area contributed by atoms with E-state index in [1.807, 2.05) is 11.5 Å². The van der Waals surface area contributed by atoms with E-state index in [-0.39, 0.29) is 11.7 Å². The standard InChI is InChI=1S/C14H15F3N5O/c1-10-9-23-6-5-21(10)8-13-18-19-20-22(13)12-4-2-3-11(7-12)14(15,16)17/h2-4,7-8,10H,5-6,9H2,1H3/q+1. The first kappa shape index (κ1) is 15.6. The first-order valence-electron chi connectivity index (χ1n) is 7.09. The molecule has 122 valence electrons. The zero-order valence-electron chi connectivity index (χ0n) is 12.4. The predicted molar refractivity (Wildman–Crippen MR) is 74.7 cm³/mol. The molecule has 23 heavy (non-hydrogen) atoms. The normalized spacial score (nSPS) is 20.9. The number of hydrogen-bond donors (Lipinski definition) is 0. The van der Waals surface area contributed by atoms with Crippen LogP contribution in [0.2, 0.25) is 0 Å². The largest absolute Gasteiger partial charge is 0.416 e. The number of morpholine rings is 1. The van der Waals surface area contributed by atoms with Crippen LogP contribution in [-0.2, 0) is 10.9 Å². The second-order valence-electron chi connectivity index (χ2n) is 5.29. The van der Waals surface area contributed by atoms with Crippen molar-refractivity contribution in [2.45, 2.75) is 19.1 Å². The first-order valence-corrected chi connectivity index (χ1v) is 7.09. The highest BCUT2D eigenvalue weighted by atomic mass is 19.4. The SMILES string of the molecule is CC1COCC[N+]1=Cc1nnnn1-c1cccc(C(F)(F)F)c1. The number of aromatic nitrogens is 4. The van der Waals surface area contributed by atoms with Gasteiger partial charge in [0.25, 0.3) is 0 Å². The van der Waals surface area contributed by atoms with E-state index in [1.165, 1.54) is 16.8 Å². The Labute approximate surface area is 130 Å². The summed E-state index contributed by atoms with van der Waals surface area (Å²) in [6.45, 7) is 3.85. The quantitative estimate of drug-likeness (QED) is 0.786. The van der Waals surface area contributed by atoms with Gasteiger partial charge in [0.15, 0.2) is 12.6 Å². The van der Waals surface area contributed by atoms with E-state index < -0.39 is 11.7 Å². The topological polar surface area (TPSA) is 55.8 Å². The molecule has 1 aromatic carbocycles. The van der Waals surface area contributed by atoms with Crippen molar-refractivity contribution in [2.75, 3.05) is 19.8 Å². The minimum absolute atomic E-state index is 0.149. The number of alkyl halides is 3. The zero-order valence-corrected chi connectivity index (χ0v) is 12.4. The van der Waals surface area contributed by atoms with Crippen molar-refractivity contribution in [2.24, 2.45) is 0 Å². The monoisotopic (exact) mass is 326 g/mol. The Bertz CT molecular complexity index is 725. The van der Waals surface area contributed by atoms with E-state index in [2.05, 4.69) is 15.5 Å². The van der Waals surface area contributed by atoms with Crippen LogP contribution in [0, 0.1) is 0 Å². The fraction of sp³-hybridized carbons (Fsp3) is 0.429. The van der Waals surface area contributed by atoms with Gasteiger partial charge in [-0.25, -0.2) is 4.58 Å². The maximum absolute atomic E-state index is 12.8. The molecule has 0 aliphatic carbocycles. The van der Waals surface area contributed by atoms with Gasteiger partial charge in [0, 0.05) is 0 Å². The average molecular weight is 326 g/mol. The molecule has 2 aromatic rings. The van der Waals surface area contributed by atoms with Gasteiger partial charge in [-0.05, 0) is 35.5 Å². The second-order valence-corrected chi connectivity index (χ2v) is 5.29. The van der Waals surface area contributed by atoms with Crippen molar-refractivity contribution >= 4 is 6.21 Å². The summed E-state index contributed by atoms with van der Waals surface area (Å²) in [4.78, 5) is 0. The molecule has 0 N–H and O–H groups in total. The minimum atomic E-state index is -4.41. The number of ether oxygens (including phenoxy) is 1. The number of rotatable bonds is 2. The number of nitrogens with zero attached hydrogens (tertiary/aromatic N) is 5. The zero-order chi connectivity index (χ0) is 16.4. The fourth-order valence-corrected chi connectivity index (χ4v) is 2.35. The molecule has 1 fully saturated rings. The van der Waals surface area contributed by atoms with Gasteiger partial charge in [0.1, 0.15) is 13.2 Å². The molecule has 0 amide bonds. The molecule has 6 nitrogen and oxygen atoms in total. The van der Waals surface area contributed by atoms with Crippen LogP contribution in [0.15, 0.2) is 24.3 Å². The maximum atomic E-state index is 12.8. The number of halogens is 3. The second kappa shape index (κ2) is 6.07. The summed E-state index contributed by atoms with van der Waals surface area (Å²) in [5, 5.41) is 11.3. The van der Waals surface area contributed by atoms with Crippen molar-refractivity contribution in [3.63, 3.8) is 0 Å². The number of hydrogen-bond acceptors (Lipinski definition) is 4. The Kier molecular flexibility index (Phi) is 4.12. The lowest BCUT2D eigenvalue weighted by molar-refractivity contribution is -0.579. The van der Waals surface area contributed by atoms with Gasteiger partial charge in [-0.15, -0.1) is 5.10 Å². The van der Waals surface area contributed by atoms with Gasteiger partial charge in [0.05, 0.1) is 11.3 Å². The van der Waals surface area contributed by atoms with E-state index in [1.54, 1.807) is 6.21 Å². The van der Waals surface area contributed by atoms with E-state index in [0.717, 1.165) is 12.1 Å². The number of tetrazole rings is 1. The van der Waals surface area contributed by atoms with Crippen LogP contribution in [-0.4, -0.2) is 56.8 Å². The van der Waals surface area contributed by atoms with Crippen LogP contribution < -0.4 is 0 Å². The van der Waals surface area contributed by atoms with Crippen LogP contribution in [0.4, 0.5) is 13.2 Å². The smallest absolute Gasteiger partial charge is 0.368 e. The van der Waals surface area contributed by atoms with Gasteiger partial charge >= 0.3 is 6.18 Å². The summed E-state index contributed by atoms with van der Waals surface area (Å²) in [5.74, 6) is 0.373. The third kappa shape index (κ3) is 3.39. The van der Waals surface area contributed by atoms with Gasteiger partial charge in [-0.1, -0.05) is 6.07 Å². The predicted octanol–water partition coefficient (Wildman–Crippen LogP) is 1.53. The molecule has 1 aliphatic heterocycles. The molecule has 1 unspecified atom stereocenters. The molecule has 0 spiro atoms. The highest BCUT2D eigenvalue weighted by molar-refractivity contribution is 5.71. The van der Waals surface area contributed by atoms with Gasteiger partial charge in [0.2, 0.25) is 12.0 Å². The maximum Gasteiger partial charge on any atom is 0.416 e. The molecular weight excluding hydrogens is 311 g/mol. The molecule has 0 bridgehead atoms. The molecule has 0 radical (unpaired) electrons. The molecule has 1 atom stereocenters. The highest BCUT2D eigenvalue weighted by Gasteiger charge is 2.31. The molecule has 1 aliphatic rings. The van der Waals surface area contributed by atoms with Gasteiger partial charge in [-0.2, -0.15) is 17.9 Å². The lowest BCUT2D eigenvalue weighted by Crippen LogP contribution is -2.37. The summed E-state index contributed by atoms with van der Waals surface area (Å²) in [5.41, 5.74) is -0.479. The van der Waals surface area contributed by atoms with E-state index in [4.69, 9.17) is 4.74 Å². The van der Waals surface area contributed by atoms with E-state index in [9.17, 15) is 13.2 Å². The van der Waals surface area contributed by atoms with Crippen molar-refractivity contribution in [1.29, 1.82) is 0 Å². The first-order chi connectivity index (χ1) is 10.9. The van der Waals surface area contributed by atoms with E-state index >= 15 is 0 Å². The third-order valence-corrected chi connectivity index (χ3v) is 3.61. The Balaban J connectivity index is 1.97. The number of benzene rings is 1. The fourth-order valence-electron chi connectivity index (χ4n) is 2.35. The molecule has 2 heterocycles. The molecule has 1 saturated heterocycles. The Morgan fingerprint density at radius 3 is 2.96 bits per heavy atom. The van der Waals surface area contributed by atoms with Crippen molar-refractivity contribution in [3.05, 3.63) is 35.7 Å². The van der Waals surface area contributed by atoms with Crippen molar-refractivity contribution in [3.8, 4) is 5.69 Å². The van der Waals surface area contributed by atoms with Gasteiger partial charge < -0.3 is 4.74 Å². The molecule has 3 rings (SSSR count). The van der Waals surface area contributed by atoms with Crippen LogP contribution in [0.3, 0.4) is 0 Å². The molecule has 9 heteroatoms. The van der Waals surface area contributed by atoms with Crippen molar-refractivity contribution in [1.82, 2.24) is 20.2 Å². The van der Waals surface area contributed by atoms with Crippen LogP contribution in [0.5, 0.6) is 0 Å². The summed E-state index contributed by atoms with van der Waals surface area (Å²) in [6, 6.07) is 5.06. The Morgan fingerprint density at radius 1 is 1.39 bits per heavy atom. The molecular formula is C14H15F3N5O+. The highest BCUT2D eigenvalue weighted by Crippen LogP contribution is 2.30. The van der Waals surface area contributed by atoms with Crippen LogP contribution >= 0.6 is 0 Å². The van der Waals surface area contributed by atoms with E-state index in [0.29, 0.717) is 25.6 Å². The summed E-state index contributed by atoms with van der Waals surface area (Å²) < 4.78 is 47.2. The third-order valence-electron chi connectivity index (χ3n) is 3.61. The van der Waals surface area contributed by atoms with Crippen LogP contribution in [0.25, 0.3) is 5.69 Å². The van der Waals surface area contributed by atoms with Crippen LogP contribution in [0.1, 0.15) is 18.3 Å². The Hall–Kier alpha value is -2.29.